The quantitative estimate of drug-likeness (QED) is 0.877. The van der Waals surface area contributed by atoms with E-state index >= 15 is 0 Å². The van der Waals surface area contributed by atoms with Crippen LogP contribution in [0.3, 0.4) is 0 Å². The Kier molecular flexibility index (Phi) is 3.84. The molecule has 2 aromatic rings. The number of carboxylic acids is 1. The highest BCUT2D eigenvalue weighted by Crippen LogP contribution is 2.23. The van der Waals surface area contributed by atoms with Gasteiger partial charge in [-0.1, -0.05) is 11.8 Å². The largest absolute Gasteiger partial charge is 0.481 e. The van der Waals surface area contributed by atoms with Crippen LogP contribution in [0.1, 0.15) is 5.69 Å². The second-order valence-corrected chi connectivity index (χ2v) is 4.79. The van der Waals surface area contributed by atoms with Gasteiger partial charge in [0.2, 0.25) is 0 Å². The fourth-order valence-electron chi connectivity index (χ4n) is 1.57. The van der Waals surface area contributed by atoms with E-state index in [2.05, 4.69) is 4.98 Å². The fraction of sp³-hybridized carbons (Fsp3) is 0.167. The van der Waals surface area contributed by atoms with Crippen molar-refractivity contribution in [2.45, 2.75) is 12.1 Å². The van der Waals surface area contributed by atoms with E-state index in [0.29, 0.717) is 10.9 Å². The molecule has 0 fully saturated rings. The number of rotatable bonds is 4. The van der Waals surface area contributed by atoms with Crippen LogP contribution in [-0.4, -0.2) is 26.4 Å². The van der Waals surface area contributed by atoms with Crippen molar-refractivity contribution in [2.24, 2.45) is 0 Å². The number of carboxylic acid groups (broad SMARTS) is 1. The lowest BCUT2D eigenvalue weighted by atomic mass is 10.3. The van der Waals surface area contributed by atoms with E-state index in [-0.39, 0.29) is 11.4 Å². The van der Waals surface area contributed by atoms with Crippen LogP contribution in [0.5, 0.6) is 0 Å². The molecule has 0 amide bonds. The Morgan fingerprint density at radius 1 is 1.37 bits per heavy atom. The van der Waals surface area contributed by atoms with Crippen molar-refractivity contribution in [1.82, 2.24) is 9.55 Å². The monoisotopic (exact) mass is 284 g/mol. The summed E-state index contributed by atoms with van der Waals surface area (Å²) in [6.07, 6.45) is 1.60. The third-order valence-electron chi connectivity index (χ3n) is 2.24. The molecule has 1 N–H and O–H groups in total. The van der Waals surface area contributed by atoms with Gasteiger partial charge in [-0.2, -0.15) is 0 Å². The van der Waals surface area contributed by atoms with Gasteiger partial charge >= 0.3 is 5.97 Å². The predicted molar refractivity (Wildman–Crippen MR) is 66.6 cm³/mol. The Balaban J connectivity index is 2.40. The molecular weight excluding hydrogens is 274 g/mol. The minimum absolute atomic E-state index is 0.172. The Morgan fingerprint density at radius 2 is 2.00 bits per heavy atom. The zero-order valence-corrected chi connectivity index (χ0v) is 10.7. The van der Waals surface area contributed by atoms with Crippen LogP contribution < -0.4 is 0 Å². The number of carbonyl (C=O) groups is 1. The van der Waals surface area contributed by atoms with Crippen LogP contribution in [0.15, 0.2) is 29.6 Å². The highest BCUT2D eigenvalue weighted by molar-refractivity contribution is 7.99. The van der Waals surface area contributed by atoms with Gasteiger partial charge in [0.1, 0.15) is 11.6 Å². The summed E-state index contributed by atoms with van der Waals surface area (Å²) in [6, 6.07) is 3.10. The Hall–Kier alpha value is -1.89. The number of hydrogen-bond acceptors (Lipinski definition) is 3. The van der Waals surface area contributed by atoms with Crippen LogP contribution in [0.2, 0.25) is 0 Å². The summed E-state index contributed by atoms with van der Waals surface area (Å²) < 4.78 is 27.9. The van der Waals surface area contributed by atoms with Crippen molar-refractivity contribution in [1.29, 1.82) is 0 Å². The summed E-state index contributed by atoms with van der Waals surface area (Å²) in [4.78, 5) is 14.7. The molecule has 0 aliphatic rings. The molecule has 1 aromatic heterocycles. The Bertz CT molecular complexity index is 608. The summed E-state index contributed by atoms with van der Waals surface area (Å²) in [5.41, 5.74) is 0.906. The molecule has 0 bridgehead atoms. The lowest BCUT2D eigenvalue weighted by Gasteiger charge is -2.06. The molecule has 0 unspecified atom stereocenters. The summed E-state index contributed by atoms with van der Waals surface area (Å²) >= 11 is 0.990. The van der Waals surface area contributed by atoms with Gasteiger partial charge in [0.05, 0.1) is 17.1 Å². The van der Waals surface area contributed by atoms with Crippen LogP contribution in [0.25, 0.3) is 5.69 Å². The number of aryl methyl sites for hydroxylation is 1. The molecule has 0 saturated heterocycles. The van der Waals surface area contributed by atoms with Gasteiger partial charge in [0.25, 0.3) is 0 Å². The standard InChI is InChI=1S/C12H10F2N2O2S/c1-7-5-16(12(15-7)19-6-11(17)18)10-3-8(13)2-9(14)4-10/h2-5H,6H2,1H3,(H,17,18). The second kappa shape index (κ2) is 5.40. The van der Waals surface area contributed by atoms with Crippen LogP contribution in [0.4, 0.5) is 8.78 Å². The van der Waals surface area contributed by atoms with Crippen molar-refractivity contribution in [3.63, 3.8) is 0 Å². The summed E-state index contributed by atoms with van der Waals surface area (Å²) in [6.45, 7) is 1.72. The van der Waals surface area contributed by atoms with E-state index in [1.165, 1.54) is 4.57 Å². The van der Waals surface area contributed by atoms with Gasteiger partial charge in [-0.25, -0.2) is 13.8 Å². The lowest BCUT2D eigenvalue weighted by molar-refractivity contribution is -0.133. The van der Waals surface area contributed by atoms with Gasteiger partial charge < -0.3 is 5.11 Å². The summed E-state index contributed by atoms with van der Waals surface area (Å²) in [7, 11) is 0. The molecule has 19 heavy (non-hydrogen) atoms. The number of nitrogens with zero attached hydrogens (tertiary/aromatic N) is 2. The maximum atomic E-state index is 13.2. The van der Waals surface area contributed by atoms with Crippen molar-refractivity contribution in [3.8, 4) is 5.69 Å². The maximum absolute atomic E-state index is 13.2. The number of hydrogen-bond donors (Lipinski definition) is 1. The first-order valence-corrected chi connectivity index (χ1v) is 6.31. The first-order valence-electron chi connectivity index (χ1n) is 5.33. The van der Waals surface area contributed by atoms with Crippen LogP contribution in [0, 0.1) is 18.6 Å². The first kappa shape index (κ1) is 13.5. The molecule has 0 radical (unpaired) electrons. The molecule has 1 heterocycles. The average molecular weight is 284 g/mol. The third-order valence-corrected chi connectivity index (χ3v) is 3.18. The minimum Gasteiger partial charge on any atom is -0.481 e. The van der Waals surface area contributed by atoms with E-state index in [4.69, 9.17) is 5.11 Å². The van der Waals surface area contributed by atoms with E-state index < -0.39 is 17.6 Å². The molecule has 1 aromatic carbocycles. The molecule has 2 rings (SSSR count). The molecule has 0 aliphatic carbocycles. The van der Waals surface area contributed by atoms with E-state index in [0.717, 1.165) is 30.0 Å². The summed E-state index contributed by atoms with van der Waals surface area (Å²) in [5.74, 6) is -2.55. The Labute approximate surface area is 112 Å². The zero-order chi connectivity index (χ0) is 14.0. The maximum Gasteiger partial charge on any atom is 0.313 e. The molecule has 4 nitrogen and oxygen atoms in total. The highest BCUT2D eigenvalue weighted by Gasteiger charge is 2.12. The lowest BCUT2D eigenvalue weighted by Crippen LogP contribution is -2.02. The fourth-order valence-corrected chi connectivity index (χ4v) is 2.33. The van der Waals surface area contributed by atoms with Crippen molar-refractivity contribution < 1.29 is 18.7 Å². The van der Waals surface area contributed by atoms with Crippen LogP contribution in [-0.2, 0) is 4.79 Å². The van der Waals surface area contributed by atoms with E-state index in [1.54, 1.807) is 13.1 Å². The highest BCUT2D eigenvalue weighted by atomic mass is 32.2. The molecule has 100 valence electrons. The first-order chi connectivity index (χ1) is 8.95. The average Bonchev–Trinajstić information content (AvgIpc) is 2.66. The van der Waals surface area contributed by atoms with Gasteiger partial charge in [-0.05, 0) is 19.1 Å². The molecule has 0 saturated carbocycles. The van der Waals surface area contributed by atoms with E-state index in [1.807, 2.05) is 0 Å². The zero-order valence-electron chi connectivity index (χ0n) is 9.93. The van der Waals surface area contributed by atoms with Gasteiger partial charge in [-0.15, -0.1) is 0 Å². The third kappa shape index (κ3) is 3.31. The number of aromatic nitrogens is 2. The molecule has 0 spiro atoms. The van der Waals surface area contributed by atoms with E-state index in [9.17, 15) is 13.6 Å². The van der Waals surface area contributed by atoms with Gasteiger partial charge in [-0.3, -0.25) is 9.36 Å². The number of aliphatic carboxylic acids is 1. The molecule has 0 atom stereocenters. The van der Waals surface area contributed by atoms with Crippen molar-refractivity contribution in [3.05, 3.63) is 41.7 Å². The van der Waals surface area contributed by atoms with Gasteiger partial charge in [0, 0.05) is 12.3 Å². The summed E-state index contributed by atoms with van der Waals surface area (Å²) in [5, 5.41) is 9.03. The normalized spacial score (nSPS) is 10.7. The molecule has 0 aliphatic heterocycles. The Morgan fingerprint density at radius 3 is 2.58 bits per heavy atom. The number of halogens is 2. The molecule has 7 heteroatoms. The van der Waals surface area contributed by atoms with Gasteiger partial charge in [0.15, 0.2) is 5.16 Å². The number of thioether (sulfide) groups is 1. The SMILES string of the molecule is Cc1cn(-c2cc(F)cc(F)c2)c(SCC(=O)O)n1. The number of imidazole rings is 1. The van der Waals surface area contributed by atoms with Crippen molar-refractivity contribution in [2.75, 3.05) is 5.75 Å². The number of benzene rings is 1. The minimum atomic E-state index is -0.984. The predicted octanol–water partition coefficient (Wildman–Crippen LogP) is 2.64. The smallest absolute Gasteiger partial charge is 0.313 e. The second-order valence-electron chi connectivity index (χ2n) is 3.84. The van der Waals surface area contributed by atoms with Crippen molar-refractivity contribution >= 4 is 17.7 Å². The topological polar surface area (TPSA) is 55.1 Å². The molecular formula is C12H10F2N2O2S. The van der Waals surface area contributed by atoms with Crippen LogP contribution >= 0.6 is 11.8 Å².